The summed E-state index contributed by atoms with van der Waals surface area (Å²) in [7, 11) is 0. The molecule has 0 heterocycles. The second kappa shape index (κ2) is 7.24. The average molecular weight is 222 g/mol. The van der Waals surface area contributed by atoms with Crippen LogP contribution in [-0.2, 0) is 9.59 Å². The highest BCUT2D eigenvalue weighted by molar-refractivity contribution is 6.35. The molecule has 0 aromatic heterocycles. The number of hydrogen-bond acceptors (Lipinski definition) is 4. The first kappa shape index (κ1) is 13.9. The standard InChI is InChI=1S/C10H14N4O2/c1-8(2)14(7-3-4-11)10(16)9(15)13-6-5-12/h8H,3,6-7H2,1-2H3,(H,13,15). The minimum Gasteiger partial charge on any atom is -0.335 e. The van der Waals surface area contributed by atoms with Gasteiger partial charge in [-0.3, -0.25) is 9.59 Å². The van der Waals surface area contributed by atoms with Gasteiger partial charge in [-0.05, 0) is 13.8 Å². The second-order valence-corrected chi connectivity index (χ2v) is 3.34. The SMILES string of the molecule is CC(C)N(CCC#N)C(=O)C(=O)NCC#N. The van der Waals surface area contributed by atoms with Crippen molar-refractivity contribution in [1.82, 2.24) is 10.2 Å². The quantitative estimate of drug-likeness (QED) is 0.525. The van der Waals surface area contributed by atoms with Gasteiger partial charge >= 0.3 is 11.8 Å². The summed E-state index contributed by atoms with van der Waals surface area (Å²) >= 11 is 0. The fourth-order valence-corrected chi connectivity index (χ4v) is 1.09. The first-order valence-electron chi connectivity index (χ1n) is 4.87. The van der Waals surface area contributed by atoms with Crippen molar-refractivity contribution in [1.29, 1.82) is 10.5 Å². The van der Waals surface area contributed by atoms with Crippen LogP contribution in [0.15, 0.2) is 0 Å². The highest BCUT2D eigenvalue weighted by Crippen LogP contribution is 2.00. The van der Waals surface area contributed by atoms with Crippen LogP contribution in [0.5, 0.6) is 0 Å². The van der Waals surface area contributed by atoms with Gasteiger partial charge in [0.15, 0.2) is 0 Å². The molecule has 0 unspecified atom stereocenters. The maximum Gasteiger partial charge on any atom is 0.312 e. The first-order chi connectivity index (χ1) is 7.54. The maximum atomic E-state index is 11.6. The van der Waals surface area contributed by atoms with Crippen molar-refractivity contribution in [2.75, 3.05) is 13.1 Å². The molecule has 0 rings (SSSR count). The van der Waals surface area contributed by atoms with E-state index in [1.807, 2.05) is 6.07 Å². The third-order valence-corrected chi connectivity index (χ3v) is 1.87. The van der Waals surface area contributed by atoms with Crippen molar-refractivity contribution in [2.45, 2.75) is 26.3 Å². The summed E-state index contributed by atoms with van der Waals surface area (Å²) in [6.07, 6.45) is 0.176. The molecule has 1 N–H and O–H groups in total. The second-order valence-electron chi connectivity index (χ2n) is 3.34. The van der Waals surface area contributed by atoms with E-state index in [1.165, 1.54) is 4.90 Å². The Hall–Kier alpha value is -2.08. The van der Waals surface area contributed by atoms with Crippen molar-refractivity contribution in [3.05, 3.63) is 0 Å². The molecule has 0 radical (unpaired) electrons. The lowest BCUT2D eigenvalue weighted by Crippen LogP contribution is -2.46. The van der Waals surface area contributed by atoms with Crippen LogP contribution in [0, 0.1) is 22.7 Å². The minimum atomic E-state index is -0.812. The number of nitrogens with zero attached hydrogens (tertiary/aromatic N) is 3. The summed E-state index contributed by atoms with van der Waals surface area (Å²) < 4.78 is 0. The first-order valence-corrected chi connectivity index (χ1v) is 4.87. The highest BCUT2D eigenvalue weighted by atomic mass is 16.2. The molecular weight excluding hydrogens is 208 g/mol. The third-order valence-electron chi connectivity index (χ3n) is 1.87. The summed E-state index contributed by atoms with van der Waals surface area (Å²) in [4.78, 5) is 24.2. The third kappa shape index (κ3) is 4.43. The Morgan fingerprint density at radius 2 is 1.94 bits per heavy atom. The molecule has 0 spiro atoms. The van der Waals surface area contributed by atoms with Gasteiger partial charge in [-0.2, -0.15) is 10.5 Å². The van der Waals surface area contributed by atoms with Crippen LogP contribution >= 0.6 is 0 Å². The van der Waals surface area contributed by atoms with Crippen LogP contribution < -0.4 is 5.32 Å². The molecule has 0 aliphatic heterocycles. The number of carbonyl (C=O) groups is 2. The van der Waals surface area contributed by atoms with E-state index >= 15 is 0 Å². The number of nitriles is 2. The minimum absolute atomic E-state index is 0.159. The maximum absolute atomic E-state index is 11.6. The summed E-state index contributed by atoms with van der Waals surface area (Å²) in [6.45, 7) is 3.53. The van der Waals surface area contributed by atoms with E-state index in [1.54, 1.807) is 19.9 Å². The molecule has 0 aliphatic rings. The monoisotopic (exact) mass is 222 g/mol. The van der Waals surface area contributed by atoms with E-state index in [0.29, 0.717) is 0 Å². The zero-order valence-corrected chi connectivity index (χ0v) is 9.36. The summed E-state index contributed by atoms with van der Waals surface area (Å²) in [5.74, 6) is -1.52. The van der Waals surface area contributed by atoms with E-state index < -0.39 is 11.8 Å². The number of rotatable bonds is 4. The lowest BCUT2D eigenvalue weighted by atomic mass is 10.2. The van der Waals surface area contributed by atoms with Gasteiger partial charge in [-0.15, -0.1) is 0 Å². The van der Waals surface area contributed by atoms with Gasteiger partial charge in [0.25, 0.3) is 0 Å². The largest absolute Gasteiger partial charge is 0.335 e. The van der Waals surface area contributed by atoms with Crippen LogP contribution in [0.2, 0.25) is 0 Å². The van der Waals surface area contributed by atoms with E-state index in [0.717, 1.165) is 0 Å². The molecule has 0 fully saturated rings. The van der Waals surface area contributed by atoms with Crippen molar-refractivity contribution in [3.63, 3.8) is 0 Å². The Morgan fingerprint density at radius 3 is 2.38 bits per heavy atom. The fourth-order valence-electron chi connectivity index (χ4n) is 1.09. The highest BCUT2D eigenvalue weighted by Gasteiger charge is 2.23. The lowest BCUT2D eigenvalue weighted by molar-refractivity contribution is -0.146. The van der Waals surface area contributed by atoms with Gasteiger partial charge in [0.05, 0.1) is 18.6 Å². The van der Waals surface area contributed by atoms with E-state index in [-0.39, 0.29) is 25.6 Å². The average Bonchev–Trinajstić information content (AvgIpc) is 2.25. The van der Waals surface area contributed by atoms with Crippen molar-refractivity contribution >= 4 is 11.8 Å². The Labute approximate surface area is 94.4 Å². The Morgan fingerprint density at radius 1 is 1.31 bits per heavy atom. The van der Waals surface area contributed by atoms with Gasteiger partial charge in [-0.25, -0.2) is 0 Å². The molecular formula is C10H14N4O2. The smallest absolute Gasteiger partial charge is 0.312 e. The number of hydrogen-bond donors (Lipinski definition) is 1. The molecule has 0 aromatic rings. The van der Waals surface area contributed by atoms with Crippen molar-refractivity contribution in [2.24, 2.45) is 0 Å². The van der Waals surface area contributed by atoms with Crippen LogP contribution in [0.1, 0.15) is 20.3 Å². The van der Waals surface area contributed by atoms with Crippen LogP contribution in [0.25, 0.3) is 0 Å². The molecule has 0 saturated carbocycles. The molecule has 6 nitrogen and oxygen atoms in total. The van der Waals surface area contributed by atoms with Gasteiger partial charge in [0.2, 0.25) is 0 Å². The zero-order chi connectivity index (χ0) is 12.6. The van der Waals surface area contributed by atoms with Crippen LogP contribution in [0.4, 0.5) is 0 Å². The normalized spacial score (nSPS) is 9.06. The molecule has 0 aromatic carbocycles. The Balaban J connectivity index is 4.44. The number of amides is 2. The summed E-state index contributed by atoms with van der Waals surface area (Å²) in [5.41, 5.74) is 0. The van der Waals surface area contributed by atoms with Gasteiger partial charge in [-0.1, -0.05) is 0 Å². The van der Waals surface area contributed by atoms with E-state index in [4.69, 9.17) is 10.5 Å². The van der Waals surface area contributed by atoms with Crippen LogP contribution in [-0.4, -0.2) is 35.8 Å². The Kier molecular flexibility index (Phi) is 6.30. The van der Waals surface area contributed by atoms with Crippen LogP contribution in [0.3, 0.4) is 0 Å². The molecule has 0 aliphatic carbocycles. The van der Waals surface area contributed by atoms with Crippen molar-refractivity contribution in [3.8, 4) is 12.1 Å². The summed E-state index contributed by atoms with van der Waals surface area (Å²) in [5, 5.41) is 18.9. The number of nitrogens with one attached hydrogen (secondary N) is 1. The predicted octanol–water partition coefficient (Wildman–Crippen LogP) is -0.223. The molecule has 2 amide bonds. The zero-order valence-electron chi connectivity index (χ0n) is 9.36. The lowest BCUT2D eigenvalue weighted by Gasteiger charge is -2.24. The molecule has 86 valence electrons. The fraction of sp³-hybridized carbons (Fsp3) is 0.600. The van der Waals surface area contributed by atoms with E-state index in [2.05, 4.69) is 5.32 Å². The molecule has 16 heavy (non-hydrogen) atoms. The number of carbonyl (C=O) groups excluding carboxylic acids is 2. The van der Waals surface area contributed by atoms with Gasteiger partial charge in [0, 0.05) is 12.6 Å². The topological polar surface area (TPSA) is 97.0 Å². The molecule has 0 saturated heterocycles. The van der Waals surface area contributed by atoms with Gasteiger partial charge < -0.3 is 10.2 Å². The molecule has 0 atom stereocenters. The van der Waals surface area contributed by atoms with Crippen molar-refractivity contribution < 1.29 is 9.59 Å². The summed E-state index contributed by atoms with van der Waals surface area (Å²) in [6, 6.07) is 3.46. The Bertz CT molecular complexity index is 338. The van der Waals surface area contributed by atoms with Gasteiger partial charge in [0.1, 0.15) is 6.54 Å². The molecule has 0 bridgehead atoms. The molecule has 6 heteroatoms. The van der Waals surface area contributed by atoms with E-state index in [9.17, 15) is 9.59 Å². The predicted molar refractivity (Wildman–Crippen MR) is 55.7 cm³/mol.